The first-order chi connectivity index (χ1) is 7.88. The summed E-state index contributed by atoms with van der Waals surface area (Å²) < 4.78 is 0. The minimum atomic E-state index is 0.642. The third kappa shape index (κ3) is 3.68. The van der Waals surface area contributed by atoms with Crippen LogP contribution in [0.4, 0.5) is 11.6 Å². The fourth-order valence-corrected chi connectivity index (χ4v) is 1.56. The van der Waals surface area contributed by atoms with E-state index in [1.165, 1.54) is 32.1 Å². The van der Waals surface area contributed by atoms with Crippen LogP contribution in [0.15, 0.2) is 12.4 Å². The predicted octanol–water partition coefficient (Wildman–Crippen LogP) is 2.65. The van der Waals surface area contributed by atoms with Gasteiger partial charge in [0.25, 0.3) is 0 Å². The summed E-state index contributed by atoms with van der Waals surface area (Å²) in [6, 6.07) is 2.63. The molecule has 0 unspecified atom stereocenters. The molecule has 0 atom stereocenters. The molecule has 0 spiro atoms. The summed E-state index contributed by atoms with van der Waals surface area (Å²) in [5.74, 6) is 1.87. The van der Waals surface area contributed by atoms with Gasteiger partial charge in [-0.2, -0.15) is 0 Å². The molecule has 1 aliphatic carbocycles. The Kier molecular flexibility index (Phi) is 3.97. The zero-order valence-corrected chi connectivity index (χ0v) is 9.87. The summed E-state index contributed by atoms with van der Waals surface area (Å²) in [6.45, 7) is 3.20. The largest absolute Gasteiger partial charge is 0.370 e. The average molecular weight is 220 g/mol. The SMILES string of the molecule is CCCCCNc1cc(NC2CC2)ncn1. The van der Waals surface area contributed by atoms with Crippen molar-refractivity contribution in [1.82, 2.24) is 9.97 Å². The molecule has 0 radical (unpaired) electrons. The second kappa shape index (κ2) is 5.68. The van der Waals surface area contributed by atoms with Crippen molar-refractivity contribution in [2.24, 2.45) is 0 Å². The highest BCUT2D eigenvalue weighted by Crippen LogP contribution is 2.24. The summed E-state index contributed by atoms with van der Waals surface area (Å²) in [6.07, 6.45) is 7.87. The minimum absolute atomic E-state index is 0.642. The number of hydrogen-bond donors (Lipinski definition) is 2. The van der Waals surface area contributed by atoms with Gasteiger partial charge in [0.2, 0.25) is 0 Å². The van der Waals surface area contributed by atoms with E-state index in [0.717, 1.165) is 18.2 Å². The zero-order chi connectivity index (χ0) is 11.2. The van der Waals surface area contributed by atoms with E-state index in [-0.39, 0.29) is 0 Å². The van der Waals surface area contributed by atoms with Crippen LogP contribution in [-0.2, 0) is 0 Å². The van der Waals surface area contributed by atoms with E-state index in [1.807, 2.05) is 6.07 Å². The van der Waals surface area contributed by atoms with E-state index < -0.39 is 0 Å². The predicted molar refractivity (Wildman–Crippen MR) is 66.7 cm³/mol. The Labute approximate surface area is 96.9 Å². The second-order valence-corrected chi connectivity index (χ2v) is 4.34. The van der Waals surface area contributed by atoms with Gasteiger partial charge in [-0.05, 0) is 19.3 Å². The molecule has 0 bridgehead atoms. The third-order valence-electron chi connectivity index (χ3n) is 2.68. The normalized spacial score (nSPS) is 14.8. The smallest absolute Gasteiger partial charge is 0.131 e. The topological polar surface area (TPSA) is 49.8 Å². The van der Waals surface area contributed by atoms with Gasteiger partial charge in [0.15, 0.2) is 0 Å². The highest BCUT2D eigenvalue weighted by atomic mass is 15.1. The first-order valence-electron chi connectivity index (χ1n) is 6.21. The van der Waals surface area contributed by atoms with E-state index in [1.54, 1.807) is 6.33 Å². The summed E-state index contributed by atoms with van der Waals surface area (Å²) >= 11 is 0. The Morgan fingerprint density at radius 2 is 2.06 bits per heavy atom. The number of anilines is 2. The summed E-state index contributed by atoms with van der Waals surface area (Å²) in [7, 11) is 0. The first-order valence-corrected chi connectivity index (χ1v) is 6.21. The van der Waals surface area contributed by atoms with Crippen LogP contribution in [0.3, 0.4) is 0 Å². The van der Waals surface area contributed by atoms with Crippen LogP contribution in [0.2, 0.25) is 0 Å². The van der Waals surface area contributed by atoms with Gasteiger partial charge in [-0.1, -0.05) is 19.8 Å². The molecule has 1 fully saturated rings. The fourth-order valence-electron chi connectivity index (χ4n) is 1.56. The molecule has 2 rings (SSSR count). The molecule has 1 aliphatic rings. The minimum Gasteiger partial charge on any atom is -0.370 e. The highest BCUT2D eigenvalue weighted by molar-refractivity contribution is 5.47. The lowest BCUT2D eigenvalue weighted by Gasteiger charge is -2.07. The standard InChI is InChI=1S/C12H20N4/c1-2-3-4-7-13-11-8-12(15-9-14-11)16-10-5-6-10/h8-10H,2-7H2,1H3,(H2,13,14,15,16). The maximum Gasteiger partial charge on any atom is 0.131 e. The van der Waals surface area contributed by atoms with E-state index in [0.29, 0.717) is 6.04 Å². The maximum atomic E-state index is 4.20. The lowest BCUT2D eigenvalue weighted by atomic mass is 10.2. The number of unbranched alkanes of at least 4 members (excludes halogenated alkanes) is 2. The van der Waals surface area contributed by atoms with Gasteiger partial charge >= 0.3 is 0 Å². The molecule has 1 aromatic rings. The Morgan fingerprint density at radius 3 is 2.81 bits per heavy atom. The monoisotopic (exact) mass is 220 g/mol. The number of hydrogen-bond acceptors (Lipinski definition) is 4. The summed E-state index contributed by atoms with van der Waals surface area (Å²) in [4.78, 5) is 8.40. The molecule has 1 heterocycles. The van der Waals surface area contributed by atoms with Gasteiger partial charge in [-0.15, -0.1) is 0 Å². The van der Waals surface area contributed by atoms with Crippen LogP contribution in [0.1, 0.15) is 39.0 Å². The molecule has 4 nitrogen and oxygen atoms in total. The van der Waals surface area contributed by atoms with Gasteiger partial charge in [0.1, 0.15) is 18.0 Å². The Bertz CT molecular complexity index is 323. The van der Waals surface area contributed by atoms with Gasteiger partial charge in [-0.3, -0.25) is 0 Å². The zero-order valence-electron chi connectivity index (χ0n) is 9.87. The molecule has 0 aromatic carbocycles. The van der Waals surface area contributed by atoms with Crippen LogP contribution in [0, 0.1) is 0 Å². The lowest BCUT2D eigenvalue weighted by molar-refractivity contribution is 0.742. The lowest BCUT2D eigenvalue weighted by Crippen LogP contribution is -2.07. The van der Waals surface area contributed by atoms with E-state index in [4.69, 9.17) is 0 Å². The Morgan fingerprint density at radius 1 is 1.25 bits per heavy atom. The highest BCUT2D eigenvalue weighted by Gasteiger charge is 2.21. The van der Waals surface area contributed by atoms with E-state index >= 15 is 0 Å². The van der Waals surface area contributed by atoms with Gasteiger partial charge in [-0.25, -0.2) is 9.97 Å². The molecule has 0 aliphatic heterocycles. The molecule has 4 heteroatoms. The van der Waals surface area contributed by atoms with Crippen molar-refractivity contribution >= 4 is 11.6 Å². The van der Waals surface area contributed by atoms with Gasteiger partial charge in [0.05, 0.1) is 0 Å². The van der Waals surface area contributed by atoms with Crippen molar-refractivity contribution in [3.8, 4) is 0 Å². The molecule has 0 amide bonds. The number of aromatic nitrogens is 2. The average Bonchev–Trinajstić information content (AvgIpc) is 3.09. The molecule has 1 aromatic heterocycles. The molecule has 1 saturated carbocycles. The van der Waals surface area contributed by atoms with Crippen molar-refractivity contribution in [2.75, 3.05) is 17.2 Å². The van der Waals surface area contributed by atoms with Gasteiger partial charge in [0, 0.05) is 18.7 Å². The van der Waals surface area contributed by atoms with Crippen molar-refractivity contribution in [3.63, 3.8) is 0 Å². The molecule has 88 valence electrons. The van der Waals surface area contributed by atoms with E-state index in [2.05, 4.69) is 27.5 Å². The number of nitrogens with one attached hydrogen (secondary N) is 2. The number of nitrogens with zero attached hydrogens (tertiary/aromatic N) is 2. The van der Waals surface area contributed by atoms with Crippen LogP contribution in [0.25, 0.3) is 0 Å². The molecule has 2 N–H and O–H groups in total. The Balaban J connectivity index is 1.78. The van der Waals surface area contributed by atoms with Crippen LogP contribution in [0.5, 0.6) is 0 Å². The van der Waals surface area contributed by atoms with Crippen LogP contribution in [-0.4, -0.2) is 22.6 Å². The first kappa shape index (κ1) is 11.2. The quantitative estimate of drug-likeness (QED) is 0.694. The van der Waals surface area contributed by atoms with Crippen molar-refractivity contribution in [1.29, 1.82) is 0 Å². The Hall–Kier alpha value is -1.32. The van der Waals surface area contributed by atoms with Crippen LogP contribution < -0.4 is 10.6 Å². The fraction of sp³-hybridized carbons (Fsp3) is 0.667. The second-order valence-electron chi connectivity index (χ2n) is 4.34. The molecule has 0 saturated heterocycles. The van der Waals surface area contributed by atoms with Crippen molar-refractivity contribution < 1.29 is 0 Å². The molecule has 16 heavy (non-hydrogen) atoms. The van der Waals surface area contributed by atoms with Crippen molar-refractivity contribution in [3.05, 3.63) is 12.4 Å². The molecular weight excluding hydrogens is 200 g/mol. The van der Waals surface area contributed by atoms with Gasteiger partial charge < -0.3 is 10.6 Å². The third-order valence-corrected chi connectivity index (χ3v) is 2.68. The van der Waals surface area contributed by atoms with Crippen molar-refractivity contribution in [2.45, 2.75) is 45.1 Å². The maximum absolute atomic E-state index is 4.20. The summed E-state index contributed by atoms with van der Waals surface area (Å²) in [5.41, 5.74) is 0. The molecular formula is C12H20N4. The van der Waals surface area contributed by atoms with E-state index in [9.17, 15) is 0 Å². The summed E-state index contributed by atoms with van der Waals surface area (Å²) in [5, 5.41) is 6.69. The van der Waals surface area contributed by atoms with Crippen LogP contribution >= 0.6 is 0 Å². The number of rotatable bonds is 7.